The SMILES string of the molecule is Nc1ccncc1CC(O)c1ccc2c(c1)CCO2. The van der Waals surface area contributed by atoms with Crippen LogP contribution in [0.3, 0.4) is 0 Å². The van der Waals surface area contributed by atoms with Crippen molar-refractivity contribution in [1.29, 1.82) is 0 Å². The van der Waals surface area contributed by atoms with E-state index in [0.29, 0.717) is 12.1 Å². The Bertz CT molecular complexity index is 598. The van der Waals surface area contributed by atoms with E-state index in [9.17, 15) is 5.11 Å². The summed E-state index contributed by atoms with van der Waals surface area (Å²) in [4.78, 5) is 4.04. The zero-order valence-electron chi connectivity index (χ0n) is 10.5. The molecule has 19 heavy (non-hydrogen) atoms. The number of aliphatic hydroxyl groups is 1. The average Bonchev–Trinajstić information content (AvgIpc) is 2.88. The molecule has 1 aliphatic heterocycles. The Balaban J connectivity index is 1.81. The van der Waals surface area contributed by atoms with Crippen molar-refractivity contribution in [3.8, 4) is 5.75 Å². The number of hydrogen-bond donors (Lipinski definition) is 2. The number of ether oxygens (including phenoxy) is 1. The van der Waals surface area contributed by atoms with E-state index in [2.05, 4.69) is 4.98 Å². The van der Waals surface area contributed by atoms with Crippen molar-refractivity contribution < 1.29 is 9.84 Å². The van der Waals surface area contributed by atoms with Gasteiger partial charge in [0.2, 0.25) is 0 Å². The zero-order valence-corrected chi connectivity index (χ0v) is 10.5. The fraction of sp³-hybridized carbons (Fsp3) is 0.267. The molecule has 2 aromatic rings. The molecule has 0 amide bonds. The van der Waals surface area contributed by atoms with E-state index in [4.69, 9.17) is 10.5 Å². The Kier molecular flexibility index (Phi) is 3.09. The lowest BCUT2D eigenvalue weighted by Crippen LogP contribution is -2.05. The second-order valence-electron chi connectivity index (χ2n) is 4.76. The summed E-state index contributed by atoms with van der Waals surface area (Å²) in [6.45, 7) is 0.727. The number of aromatic nitrogens is 1. The maximum atomic E-state index is 10.3. The highest BCUT2D eigenvalue weighted by atomic mass is 16.5. The first-order chi connectivity index (χ1) is 9.24. The fourth-order valence-electron chi connectivity index (χ4n) is 2.35. The van der Waals surface area contributed by atoms with E-state index in [1.165, 1.54) is 0 Å². The quantitative estimate of drug-likeness (QED) is 0.879. The Labute approximate surface area is 111 Å². The summed E-state index contributed by atoms with van der Waals surface area (Å²) in [5.41, 5.74) is 9.46. The van der Waals surface area contributed by atoms with Gasteiger partial charge in [-0.1, -0.05) is 6.07 Å². The van der Waals surface area contributed by atoms with Crippen LogP contribution in [0.4, 0.5) is 5.69 Å². The number of nitrogens with two attached hydrogens (primary N) is 1. The van der Waals surface area contributed by atoms with Crippen LogP contribution in [0.25, 0.3) is 0 Å². The van der Waals surface area contributed by atoms with Gasteiger partial charge >= 0.3 is 0 Å². The average molecular weight is 256 g/mol. The van der Waals surface area contributed by atoms with Crippen LogP contribution in [0.2, 0.25) is 0 Å². The van der Waals surface area contributed by atoms with Crippen molar-refractivity contribution in [1.82, 2.24) is 4.98 Å². The van der Waals surface area contributed by atoms with Crippen molar-refractivity contribution in [2.75, 3.05) is 12.3 Å². The largest absolute Gasteiger partial charge is 0.493 e. The van der Waals surface area contributed by atoms with Crippen LogP contribution in [0.15, 0.2) is 36.7 Å². The second kappa shape index (κ2) is 4.90. The molecule has 0 fully saturated rings. The number of rotatable bonds is 3. The molecule has 3 N–H and O–H groups in total. The van der Waals surface area contributed by atoms with E-state index in [-0.39, 0.29) is 0 Å². The molecule has 98 valence electrons. The molecule has 1 aromatic carbocycles. The number of hydrogen-bond acceptors (Lipinski definition) is 4. The third kappa shape index (κ3) is 2.39. The van der Waals surface area contributed by atoms with Crippen LogP contribution in [-0.2, 0) is 12.8 Å². The lowest BCUT2D eigenvalue weighted by molar-refractivity contribution is 0.178. The summed E-state index contributed by atoms with van der Waals surface area (Å²) in [7, 11) is 0. The molecule has 1 aliphatic rings. The normalized spacial score (nSPS) is 14.8. The Hall–Kier alpha value is -2.07. The third-order valence-electron chi connectivity index (χ3n) is 3.45. The summed E-state index contributed by atoms with van der Waals surface area (Å²) in [6.07, 6.45) is 4.16. The minimum absolute atomic E-state index is 0.472. The molecule has 4 nitrogen and oxygen atoms in total. The lowest BCUT2D eigenvalue weighted by atomic mass is 9.99. The minimum atomic E-state index is -0.572. The van der Waals surface area contributed by atoms with Gasteiger partial charge in [0, 0.05) is 30.9 Å². The van der Waals surface area contributed by atoms with Crippen molar-refractivity contribution >= 4 is 5.69 Å². The first-order valence-electron chi connectivity index (χ1n) is 6.36. The van der Waals surface area contributed by atoms with E-state index < -0.39 is 6.10 Å². The summed E-state index contributed by atoms with van der Waals surface area (Å²) in [6, 6.07) is 7.59. The second-order valence-corrected chi connectivity index (χ2v) is 4.76. The van der Waals surface area contributed by atoms with Gasteiger partial charge in [-0.2, -0.15) is 0 Å². The zero-order chi connectivity index (χ0) is 13.2. The molecule has 0 saturated heterocycles. The predicted octanol–water partition coefficient (Wildman–Crippen LogP) is 1.87. The fourth-order valence-corrected chi connectivity index (χ4v) is 2.35. The molecule has 0 radical (unpaired) electrons. The number of anilines is 1. The van der Waals surface area contributed by atoms with Gasteiger partial charge in [0.1, 0.15) is 5.75 Å². The van der Waals surface area contributed by atoms with Gasteiger partial charge in [-0.25, -0.2) is 0 Å². The van der Waals surface area contributed by atoms with Crippen molar-refractivity contribution in [2.24, 2.45) is 0 Å². The van der Waals surface area contributed by atoms with Gasteiger partial charge in [0.15, 0.2) is 0 Å². The molecule has 3 rings (SSSR count). The predicted molar refractivity (Wildman–Crippen MR) is 73.0 cm³/mol. The van der Waals surface area contributed by atoms with E-state index >= 15 is 0 Å². The Morgan fingerprint density at radius 2 is 2.26 bits per heavy atom. The first kappa shape index (κ1) is 12.0. The molecule has 2 heterocycles. The van der Waals surface area contributed by atoms with Crippen LogP contribution in [-0.4, -0.2) is 16.7 Å². The topological polar surface area (TPSA) is 68.4 Å². The number of pyridine rings is 1. The smallest absolute Gasteiger partial charge is 0.122 e. The summed E-state index contributed by atoms with van der Waals surface area (Å²) < 4.78 is 5.46. The van der Waals surface area contributed by atoms with Crippen LogP contribution in [0, 0.1) is 0 Å². The molecule has 0 saturated carbocycles. The molecule has 4 heteroatoms. The standard InChI is InChI=1S/C15H16N2O2/c16-13-3-5-17-9-12(13)8-14(18)10-1-2-15-11(7-10)4-6-19-15/h1-3,5,7,9,14,18H,4,6,8H2,(H2,16,17). The molecule has 1 atom stereocenters. The van der Waals surface area contributed by atoms with Gasteiger partial charge in [-0.15, -0.1) is 0 Å². The highest BCUT2D eigenvalue weighted by Gasteiger charge is 2.16. The van der Waals surface area contributed by atoms with Crippen molar-refractivity contribution in [3.05, 3.63) is 53.3 Å². The van der Waals surface area contributed by atoms with Gasteiger partial charge in [0.05, 0.1) is 12.7 Å². The molecule has 1 unspecified atom stereocenters. The maximum absolute atomic E-state index is 10.3. The number of nitrogens with zero attached hydrogens (tertiary/aromatic N) is 1. The molecule has 1 aromatic heterocycles. The Morgan fingerprint density at radius 1 is 1.37 bits per heavy atom. The molecular weight excluding hydrogens is 240 g/mol. The monoisotopic (exact) mass is 256 g/mol. The van der Waals surface area contributed by atoms with Crippen LogP contribution in [0.1, 0.15) is 22.8 Å². The van der Waals surface area contributed by atoms with Crippen LogP contribution < -0.4 is 10.5 Å². The van der Waals surface area contributed by atoms with E-state index in [1.54, 1.807) is 18.5 Å². The lowest BCUT2D eigenvalue weighted by Gasteiger charge is -2.13. The van der Waals surface area contributed by atoms with Crippen molar-refractivity contribution in [3.63, 3.8) is 0 Å². The van der Waals surface area contributed by atoms with E-state index in [0.717, 1.165) is 35.5 Å². The minimum Gasteiger partial charge on any atom is -0.493 e. The van der Waals surface area contributed by atoms with Crippen molar-refractivity contribution in [2.45, 2.75) is 18.9 Å². The van der Waals surface area contributed by atoms with E-state index in [1.807, 2.05) is 18.2 Å². The van der Waals surface area contributed by atoms with Gasteiger partial charge in [-0.05, 0) is 34.9 Å². The first-order valence-corrected chi connectivity index (χ1v) is 6.36. The Morgan fingerprint density at radius 3 is 3.11 bits per heavy atom. The molecular formula is C15H16N2O2. The van der Waals surface area contributed by atoms with Crippen LogP contribution in [0.5, 0.6) is 5.75 Å². The number of aliphatic hydroxyl groups excluding tert-OH is 1. The van der Waals surface area contributed by atoms with Gasteiger partial charge in [-0.3, -0.25) is 4.98 Å². The van der Waals surface area contributed by atoms with Crippen LogP contribution >= 0.6 is 0 Å². The summed E-state index contributed by atoms with van der Waals surface area (Å²) in [5, 5.41) is 10.3. The highest BCUT2D eigenvalue weighted by Crippen LogP contribution is 2.29. The number of nitrogen functional groups attached to an aromatic ring is 1. The number of benzene rings is 1. The van der Waals surface area contributed by atoms with Gasteiger partial charge in [0.25, 0.3) is 0 Å². The molecule has 0 spiro atoms. The number of fused-ring (bicyclic) bond motifs is 1. The summed E-state index contributed by atoms with van der Waals surface area (Å²) in [5.74, 6) is 0.928. The van der Waals surface area contributed by atoms with Gasteiger partial charge < -0.3 is 15.6 Å². The summed E-state index contributed by atoms with van der Waals surface area (Å²) >= 11 is 0. The maximum Gasteiger partial charge on any atom is 0.122 e. The molecule has 0 aliphatic carbocycles. The molecule has 0 bridgehead atoms. The highest BCUT2D eigenvalue weighted by molar-refractivity contribution is 5.46. The third-order valence-corrected chi connectivity index (χ3v) is 3.45.